The quantitative estimate of drug-likeness (QED) is 0.636. The van der Waals surface area contributed by atoms with Crippen LogP contribution in [0, 0.1) is 17.2 Å². The third-order valence-corrected chi connectivity index (χ3v) is 5.60. The Balaban J connectivity index is 1.95. The summed E-state index contributed by atoms with van der Waals surface area (Å²) in [6.45, 7) is 5.96. The topological polar surface area (TPSA) is 56.4 Å². The number of nitrogens with zero attached hydrogens (tertiary/aromatic N) is 2. The van der Waals surface area contributed by atoms with Crippen LogP contribution >= 0.6 is 11.3 Å². The van der Waals surface area contributed by atoms with Crippen LogP contribution in [0.4, 0.5) is 5.00 Å². The number of fused-ring (bicyclic) bond motifs is 1. The zero-order valence-corrected chi connectivity index (χ0v) is 14.6. The molecule has 0 spiro atoms. The van der Waals surface area contributed by atoms with Gasteiger partial charge in [-0.2, -0.15) is 5.26 Å². The summed E-state index contributed by atoms with van der Waals surface area (Å²) >= 11 is 1.61. The van der Waals surface area contributed by atoms with E-state index in [1.54, 1.807) is 23.6 Å². The minimum absolute atomic E-state index is 0.231. The maximum Gasteiger partial charge on any atom is 0.134 e. The molecule has 0 saturated heterocycles. The van der Waals surface area contributed by atoms with Crippen LogP contribution in [0.5, 0.6) is 5.75 Å². The van der Waals surface area contributed by atoms with Crippen molar-refractivity contribution in [2.24, 2.45) is 10.9 Å². The third kappa shape index (κ3) is 3.13. The molecule has 24 heavy (non-hydrogen) atoms. The third-order valence-electron chi connectivity index (χ3n) is 4.44. The number of para-hydroxylation sites is 1. The average molecular weight is 336 g/mol. The number of nitriles is 1. The number of hydrogen-bond donors (Lipinski definition) is 1. The first-order chi connectivity index (χ1) is 11.6. The fourth-order valence-electron chi connectivity index (χ4n) is 3.11. The van der Waals surface area contributed by atoms with E-state index in [2.05, 4.69) is 24.6 Å². The lowest BCUT2D eigenvalue weighted by Crippen LogP contribution is -2.09. The number of allylic oxidation sites excluding steroid dienone is 1. The predicted molar refractivity (Wildman–Crippen MR) is 99.5 cm³/mol. The first-order valence-corrected chi connectivity index (χ1v) is 8.96. The molecule has 1 aliphatic rings. The highest BCUT2D eigenvalue weighted by Gasteiger charge is 2.23. The molecule has 0 bridgehead atoms. The molecule has 0 saturated carbocycles. The second-order valence-electron chi connectivity index (χ2n) is 6.25. The normalized spacial score (nSPS) is 16.8. The van der Waals surface area contributed by atoms with Gasteiger partial charge < -0.3 is 5.11 Å². The largest absolute Gasteiger partial charge is 0.507 e. The summed E-state index contributed by atoms with van der Waals surface area (Å²) < 4.78 is 0. The summed E-state index contributed by atoms with van der Waals surface area (Å²) in [7, 11) is 0. The van der Waals surface area contributed by atoms with Crippen LogP contribution in [0.1, 0.15) is 40.5 Å². The molecule has 0 aliphatic heterocycles. The number of phenolic OH excluding ortho intramolecular Hbond substituents is 1. The average Bonchev–Trinajstić information content (AvgIpc) is 2.92. The van der Waals surface area contributed by atoms with Crippen molar-refractivity contribution in [2.45, 2.75) is 32.6 Å². The minimum atomic E-state index is 0.231. The summed E-state index contributed by atoms with van der Waals surface area (Å²) in [5.74, 6) is 0.897. The lowest BCUT2D eigenvalue weighted by Gasteiger charge is -2.17. The molecule has 0 fully saturated rings. The molecule has 3 nitrogen and oxygen atoms in total. The van der Waals surface area contributed by atoms with Gasteiger partial charge in [-0.1, -0.05) is 25.1 Å². The SMILES string of the molecule is C=CCc1cccc(C=Nc2sc3c(c2C#N)CCC(C)C3)c1O. The van der Waals surface area contributed by atoms with E-state index in [4.69, 9.17) is 0 Å². The number of thiophene rings is 1. The summed E-state index contributed by atoms with van der Waals surface area (Å²) in [6.07, 6.45) is 7.16. The molecule has 1 aromatic heterocycles. The van der Waals surface area contributed by atoms with E-state index < -0.39 is 0 Å². The van der Waals surface area contributed by atoms with Gasteiger partial charge in [0.05, 0.1) is 5.56 Å². The minimum Gasteiger partial charge on any atom is -0.507 e. The maximum atomic E-state index is 10.3. The van der Waals surface area contributed by atoms with Crippen molar-refractivity contribution in [1.29, 1.82) is 5.26 Å². The van der Waals surface area contributed by atoms with Crippen LogP contribution in [0.25, 0.3) is 0 Å². The van der Waals surface area contributed by atoms with Crippen molar-refractivity contribution < 1.29 is 5.11 Å². The Bertz CT molecular complexity index is 842. The molecule has 1 heterocycles. The smallest absolute Gasteiger partial charge is 0.134 e. The second-order valence-corrected chi connectivity index (χ2v) is 7.33. The van der Waals surface area contributed by atoms with Crippen molar-refractivity contribution in [2.75, 3.05) is 0 Å². The van der Waals surface area contributed by atoms with Crippen LogP contribution in [0.2, 0.25) is 0 Å². The highest BCUT2D eigenvalue weighted by molar-refractivity contribution is 7.16. The molecule has 4 heteroatoms. The lowest BCUT2D eigenvalue weighted by molar-refractivity contribution is 0.469. The van der Waals surface area contributed by atoms with Gasteiger partial charge in [0.1, 0.15) is 16.8 Å². The summed E-state index contributed by atoms with van der Waals surface area (Å²) in [4.78, 5) is 5.82. The van der Waals surface area contributed by atoms with Gasteiger partial charge >= 0.3 is 0 Å². The molecule has 1 N–H and O–H groups in total. The van der Waals surface area contributed by atoms with Gasteiger partial charge in [0.25, 0.3) is 0 Å². The first-order valence-electron chi connectivity index (χ1n) is 8.14. The van der Waals surface area contributed by atoms with E-state index in [1.165, 1.54) is 10.4 Å². The Morgan fingerprint density at radius 1 is 1.50 bits per heavy atom. The van der Waals surface area contributed by atoms with Crippen molar-refractivity contribution in [3.63, 3.8) is 0 Å². The molecule has 3 rings (SSSR count). The van der Waals surface area contributed by atoms with Crippen LogP contribution < -0.4 is 0 Å². The van der Waals surface area contributed by atoms with Gasteiger partial charge in [-0.05, 0) is 48.8 Å². The highest BCUT2D eigenvalue weighted by atomic mass is 32.1. The lowest BCUT2D eigenvalue weighted by atomic mass is 9.89. The molecule has 2 aromatic rings. The van der Waals surface area contributed by atoms with E-state index in [1.807, 2.05) is 18.2 Å². The van der Waals surface area contributed by atoms with Crippen molar-refractivity contribution in [3.05, 3.63) is 58.0 Å². The van der Waals surface area contributed by atoms with Crippen LogP contribution in [-0.4, -0.2) is 11.3 Å². The van der Waals surface area contributed by atoms with Gasteiger partial charge in [0.15, 0.2) is 0 Å². The van der Waals surface area contributed by atoms with Gasteiger partial charge in [0.2, 0.25) is 0 Å². The number of rotatable bonds is 4. The number of aliphatic imine (C=N–C) groups is 1. The molecule has 122 valence electrons. The predicted octanol–water partition coefficient (Wildman–Crippen LogP) is 4.93. The molecule has 0 radical (unpaired) electrons. The number of aromatic hydroxyl groups is 1. The van der Waals surface area contributed by atoms with E-state index in [9.17, 15) is 10.4 Å². The molecule has 1 atom stereocenters. The standard InChI is InChI=1S/C20H20N2OS/c1-3-5-14-6-4-7-15(19(14)23)12-22-20-17(11-21)16-9-8-13(2)10-18(16)24-20/h3-4,6-7,12-13,23H,1,5,8-10H2,2H3. The summed E-state index contributed by atoms with van der Waals surface area (Å²) in [5.41, 5.74) is 3.38. The van der Waals surface area contributed by atoms with Gasteiger partial charge in [-0.3, -0.25) is 0 Å². The van der Waals surface area contributed by atoms with E-state index in [0.717, 1.165) is 29.8 Å². The zero-order valence-electron chi connectivity index (χ0n) is 13.7. The van der Waals surface area contributed by atoms with E-state index in [0.29, 0.717) is 23.5 Å². The molecule has 0 amide bonds. The zero-order chi connectivity index (χ0) is 17.1. The maximum absolute atomic E-state index is 10.3. The molecule has 1 unspecified atom stereocenters. The second kappa shape index (κ2) is 7.02. The number of benzene rings is 1. The fourth-order valence-corrected chi connectivity index (χ4v) is 4.41. The Labute approximate surface area is 146 Å². The fraction of sp³-hybridized carbons (Fsp3) is 0.300. The Morgan fingerprint density at radius 3 is 3.08 bits per heavy atom. The number of hydrogen-bond acceptors (Lipinski definition) is 4. The summed E-state index contributed by atoms with van der Waals surface area (Å²) in [6, 6.07) is 7.92. The van der Waals surface area contributed by atoms with Gasteiger partial charge in [-0.25, -0.2) is 4.99 Å². The van der Waals surface area contributed by atoms with Crippen LogP contribution in [-0.2, 0) is 19.3 Å². The van der Waals surface area contributed by atoms with E-state index >= 15 is 0 Å². The Morgan fingerprint density at radius 2 is 2.33 bits per heavy atom. The first kappa shape index (κ1) is 16.5. The van der Waals surface area contributed by atoms with Crippen molar-refractivity contribution in [1.82, 2.24) is 0 Å². The number of phenols is 1. The van der Waals surface area contributed by atoms with Crippen molar-refractivity contribution in [3.8, 4) is 11.8 Å². The van der Waals surface area contributed by atoms with Crippen LogP contribution in [0.3, 0.4) is 0 Å². The highest BCUT2D eigenvalue weighted by Crippen LogP contribution is 2.40. The molecular formula is C20H20N2OS. The van der Waals surface area contributed by atoms with Gasteiger partial charge in [-0.15, -0.1) is 17.9 Å². The molecule has 1 aliphatic carbocycles. The van der Waals surface area contributed by atoms with Gasteiger partial charge in [0, 0.05) is 16.7 Å². The molecule has 1 aromatic carbocycles. The summed E-state index contributed by atoms with van der Waals surface area (Å²) in [5, 5.41) is 20.6. The monoisotopic (exact) mass is 336 g/mol. The molecular weight excluding hydrogens is 316 g/mol. The Kier molecular flexibility index (Phi) is 4.82. The van der Waals surface area contributed by atoms with Crippen LogP contribution in [0.15, 0.2) is 35.8 Å². The van der Waals surface area contributed by atoms with Crippen molar-refractivity contribution >= 4 is 22.6 Å². The van der Waals surface area contributed by atoms with E-state index in [-0.39, 0.29) is 5.75 Å². The Hall–Kier alpha value is -2.38.